The third-order valence-electron chi connectivity index (χ3n) is 4.58. The van der Waals surface area contributed by atoms with Crippen LogP contribution in [0.15, 0.2) is 6.20 Å². The molecule has 4 nitrogen and oxygen atoms in total. The van der Waals surface area contributed by atoms with E-state index in [1.165, 1.54) is 30.5 Å². The van der Waals surface area contributed by atoms with Gasteiger partial charge in [0.2, 0.25) is 5.95 Å². The molecule has 4 heteroatoms. The Kier molecular flexibility index (Phi) is 3.44. The summed E-state index contributed by atoms with van der Waals surface area (Å²) in [4.78, 5) is 11.8. The zero-order valence-corrected chi connectivity index (χ0v) is 12.0. The second kappa shape index (κ2) is 5.08. The molecule has 3 atom stereocenters. The lowest BCUT2D eigenvalue weighted by atomic mass is 9.82. The van der Waals surface area contributed by atoms with Crippen LogP contribution in [0.4, 0.5) is 5.95 Å². The van der Waals surface area contributed by atoms with Crippen molar-refractivity contribution in [2.24, 2.45) is 11.7 Å². The summed E-state index contributed by atoms with van der Waals surface area (Å²) < 4.78 is 0. The molecule has 2 N–H and O–H groups in total. The van der Waals surface area contributed by atoms with E-state index in [2.05, 4.69) is 29.9 Å². The van der Waals surface area contributed by atoms with E-state index in [4.69, 9.17) is 10.7 Å². The highest BCUT2D eigenvalue weighted by Crippen LogP contribution is 2.34. The molecule has 0 bridgehead atoms. The Morgan fingerprint density at radius 3 is 3.05 bits per heavy atom. The lowest BCUT2D eigenvalue weighted by molar-refractivity contribution is 0.439. The van der Waals surface area contributed by atoms with Gasteiger partial charge in [0.05, 0.1) is 5.69 Å². The van der Waals surface area contributed by atoms with E-state index in [-0.39, 0.29) is 0 Å². The predicted molar refractivity (Wildman–Crippen MR) is 77.4 cm³/mol. The molecular weight excluding hydrogens is 236 g/mol. The number of hydrogen-bond donors (Lipinski definition) is 1. The highest BCUT2D eigenvalue weighted by molar-refractivity contribution is 5.38. The third kappa shape index (κ3) is 2.34. The van der Waals surface area contributed by atoms with Crippen LogP contribution in [0.2, 0.25) is 0 Å². The highest BCUT2D eigenvalue weighted by Gasteiger charge is 2.28. The fraction of sp³-hybridized carbons (Fsp3) is 0.733. The maximum absolute atomic E-state index is 5.85. The Morgan fingerprint density at radius 1 is 1.42 bits per heavy atom. The predicted octanol–water partition coefficient (Wildman–Crippen LogP) is 2.09. The number of rotatable bonds is 2. The first-order chi connectivity index (χ1) is 9.19. The van der Waals surface area contributed by atoms with Gasteiger partial charge in [-0.2, -0.15) is 0 Å². The van der Waals surface area contributed by atoms with E-state index in [0.717, 1.165) is 24.8 Å². The van der Waals surface area contributed by atoms with Gasteiger partial charge in [0.15, 0.2) is 0 Å². The number of hydrogen-bond acceptors (Lipinski definition) is 4. The summed E-state index contributed by atoms with van der Waals surface area (Å²) in [5.74, 6) is 2.20. The first-order valence-electron chi connectivity index (χ1n) is 7.51. The summed E-state index contributed by atoms with van der Waals surface area (Å²) in [6.07, 6.45) is 6.79. The van der Waals surface area contributed by atoms with E-state index in [0.29, 0.717) is 18.5 Å². The molecule has 2 aliphatic rings. The van der Waals surface area contributed by atoms with Crippen LogP contribution in [0.25, 0.3) is 0 Å². The van der Waals surface area contributed by atoms with Gasteiger partial charge in [0, 0.05) is 25.3 Å². The van der Waals surface area contributed by atoms with Gasteiger partial charge < -0.3 is 10.6 Å². The van der Waals surface area contributed by atoms with Gasteiger partial charge >= 0.3 is 0 Å². The summed E-state index contributed by atoms with van der Waals surface area (Å²) in [6, 6.07) is 0.427. The van der Waals surface area contributed by atoms with Crippen LogP contribution in [0.1, 0.15) is 50.3 Å². The van der Waals surface area contributed by atoms with Crippen molar-refractivity contribution in [2.75, 3.05) is 18.0 Å². The molecule has 0 aromatic carbocycles. The topological polar surface area (TPSA) is 55.0 Å². The first-order valence-corrected chi connectivity index (χ1v) is 7.51. The van der Waals surface area contributed by atoms with Gasteiger partial charge in [-0.1, -0.05) is 13.8 Å². The first kappa shape index (κ1) is 12.9. The van der Waals surface area contributed by atoms with Crippen molar-refractivity contribution in [2.45, 2.75) is 51.5 Å². The molecule has 1 aromatic heterocycles. The molecule has 0 radical (unpaired) electrons. The maximum Gasteiger partial charge on any atom is 0.225 e. The van der Waals surface area contributed by atoms with Gasteiger partial charge in [-0.05, 0) is 43.1 Å². The van der Waals surface area contributed by atoms with Gasteiger partial charge in [-0.25, -0.2) is 9.97 Å². The second-order valence-corrected chi connectivity index (χ2v) is 6.25. The number of nitrogens with zero attached hydrogens (tertiary/aromatic N) is 3. The lowest BCUT2D eigenvalue weighted by Gasteiger charge is -2.29. The van der Waals surface area contributed by atoms with Crippen molar-refractivity contribution in [1.82, 2.24) is 9.97 Å². The minimum absolute atomic E-state index is 0.427. The molecule has 1 aliphatic heterocycles. The molecule has 0 saturated carbocycles. The summed E-state index contributed by atoms with van der Waals surface area (Å²) in [7, 11) is 0. The van der Waals surface area contributed by atoms with Crippen LogP contribution >= 0.6 is 0 Å². The molecule has 1 aromatic rings. The SMILES string of the molecule is CC1Cc2cnc(N3CCCC3CN)nc2C(C)C1. The van der Waals surface area contributed by atoms with Crippen molar-refractivity contribution >= 4 is 5.95 Å². The molecule has 3 rings (SSSR count). The molecule has 2 heterocycles. The molecule has 1 saturated heterocycles. The van der Waals surface area contributed by atoms with Crippen LogP contribution in [0.5, 0.6) is 0 Å². The standard InChI is InChI=1S/C15H24N4/c1-10-6-11(2)14-12(7-10)9-17-15(18-14)19-5-3-4-13(19)8-16/h9-11,13H,3-8,16H2,1-2H3. The van der Waals surface area contributed by atoms with E-state index in [1.807, 2.05) is 0 Å². The van der Waals surface area contributed by atoms with Gasteiger partial charge in [-0.15, -0.1) is 0 Å². The number of aromatic nitrogens is 2. The van der Waals surface area contributed by atoms with E-state index < -0.39 is 0 Å². The fourth-order valence-corrected chi connectivity index (χ4v) is 3.65. The molecule has 104 valence electrons. The van der Waals surface area contributed by atoms with Crippen LogP contribution in [0, 0.1) is 5.92 Å². The molecule has 1 aliphatic carbocycles. The fourth-order valence-electron chi connectivity index (χ4n) is 3.65. The second-order valence-electron chi connectivity index (χ2n) is 6.25. The van der Waals surface area contributed by atoms with Crippen LogP contribution in [-0.2, 0) is 6.42 Å². The maximum atomic E-state index is 5.85. The van der Waals surface area contributed by atoms with Gasteiger partial charge in [0.1, 0.15) is 0 Å². The van der Waals surface area contributed by atoms with E-state index >= 15 is 0 Å². The van der Waals surface area contributed by atoms with Crippen molar-refractivity contribution in [3.8, 4) is 0 Å². The lowest BCUT2D eigenvalue weighted by Crippen LogP contribution is -2.37. The average Bonchev–Trinajstić information content (AvgIpc) is 2.86. The minimum Gasteiger partial charge on any atom is -0.337 e. The van der Waals surface area contributed by atoms with E-state index in [9.17, 15) is 0 Å². The number of fused-ring (bicyclic) bond motifs is 1. The average molecular weight is 260 g/mol. The molecule has 0 spiro atoms. The van der Waals surface area contributed by atoms with Crippen molar-refractivity contribution in [3.05, 3.63) is 17.5 Å². The Morgan fingerprint density at radius 2 is 2.26 bits per heavy atom. The zero-order chi connectivity index (χ0) is 13.4. The Labute approximate surface area is 115 Å². The molecular formula is C15H24N4. The summed E-state index contributed by atoms with van der Waals surface area (Å²) in [6.45, 7) is 6.35. The normalized spacial score (nSPS) is 30.5. The van der Waals surface area contributed by atoms with E-state index in [1.54, 1.807) is 0 Å². The number of anilines is 1. The summed E-state index contributed by atoms with van der Waals surface area (Å²) >= 11 is 0. The van der Waals surface area contributed by atoms with Crippen molar-refractivity contribution in [3.63, 3.8) is 0 Å². The molecule has 3 unspecified atom stereocenters. The van der Waals surface area contributed by atoms with Gasteiger partial charge in [-0.3, -0.25) is 0 Å². The molecule has 1 fully saturated rings. The Hall–Kier alpha value is -1.16. The molecule has 19 heavy (non-hydrogen) atoms. The largest absolute Gasteiger partial charge is 0.337 e. The van der Waals surface area contributed by atoms with Crippen molar-refractivity contribution in [1.29, 1.82) is 0 Å². The summed E-state index contributed by atoms with van der Waals surface area (Å²) in [5, 5.41) is 0. The monoisotopic (exact) mass is 260 g/mol. The Bertz CT molecular complexity index is 459. The Balaban J connectivity index is 1.91. The minimum atomic E-state index is 0.427. The molecule has 0 amide bonds. The smallest absolute Gasteiger partial charge is 0.225 e. The highest BCUT2D eigenvalue weighted by atomic mass is 15.3. The van der Waals surface area contributed by atoms with Crippen molar-refractivity contribution < 1.29 is 0 Å². The van der Waals surface area contributed by atoms with Crippen LogP contribution < -0.4 is 10.6 Å². The van der Waals surface area contributed by atoms with Gasteiger partial charge in [0.25, 0.3) is 0 Å². The van der Waals surface area contributed by atoms with Crippen LogP contribution in [-0.4, -0.2) is 29.1 Å². The zero-order valence-electron chi connectivity index (χ0n) is 12.0. The quantitative estimate of drug-likeness (QED) is 0.884. The summed E-state index contributed by atoms with van der Waals surface area (Å²) in [5.41, 5.74) is 8.46. The van der Waals surface area contributed by atoms with Crippen LogP contribution in [0.3, 0.4) is 0 Å². The number of nitrogens with two attached hydrogens (primary N) is 1. The third-order valence-corrected chi connectivity index (χ3v) is 4.58.